The number of hydrogen-bond donors (Lipinski definition) is 2. The van der Waals surface area contributed by atoms with Gasteiger partial charge >= 0.3 is 0 Å². The van der Waals surface area contributed by atoms with Gasteiger partial charge in [0.05, 0.1) is 6.61 Å². The molecule has 0 aliphatic heterocycles. The first-order chi connectivity index (χ1) is 14.0. The fraction of sp³-hybridized carbons (Fsp3) is 0.409. The highest BCUT2D eigenvalue weighted by atomic mass is 127. The van der Waals surface area contributed by atoms with Gasteiger partial charge in [0.1, 0.15) is 0 Å². The Morgan fingerprint density at radius 3 is 2.40 bits per heavy atom. The number of benzene rings is 1. The number of guanidine groups is 1. The molecular weight excluding hydrogens is 493 g/mol. The molecule has 1 fully saturated rings. The van der Waals surface area contributed by atoms with E-state index in [4.69, 9.17) is 4.74 Å². The van der Waals surface area contributed by atoms with E-state index in [1.54, 1.807) is 32.2 Å². The third-order valence-corrected chi connectivity index (χ3v) is 4.71. The van der Waals surface area contributed by atoms with Crippen LogP contribution in [-0.4, -0.2) is 49.5 Å². The Kier molecular flexibility index (Phi) is 9.35. The lowest BCUT2D eigenvalue weighted by Crippen LogP contribution is -2.36. The van der Waals surface area contributed by atoms with Crippen LogP contribution in [0.5, 0.6) is 5.88 Å². The molecule has 1 aliphatic carbocycles. The minimum Gasteiger partial charge on any atom is -0.477 e. The van der Waals surface area contributed by atoms with E-state index >= 15 is 0 Å². The first-order valence-electron chi connectivity index (χ1n) is 9.88. The number of aromatic nitrogens is 1. The van der Waals surface area contributed by atoms with Gasteiger partial charge in [-0.2, -0.15) is 0 Å². The predicted molar refractivity (Wildman–Crippen MR) is 129 cm³/mol. The van der Waals surface area contributed by atoms with Crippen LogP contribution in [-0.2, 0) is 13.1 Å². The maximum absolute atomic E-state index is 12.0. The van der Waals surface area contributed by atoms with Crippen molar-refractivity contribution in [2.75, 3.05) is 27.7 Å². The smallest absolute Gasteiger partial charge is 0.253 e. The molecule has 0 radical (unpaired) electrons. The van der Waals surface area contributed by atoms with Crippen molar-refractivity contribution < 1.29 is 9.53 Å². The Morgan fingerprint density at radius 1 is 1.13 bits per heavy atom. The molecule has 1 aromatic heterocycles. The summed E-state index contributed by atoms with van der Waals surface area (Å²) in [6.07, 6.45) is 4.29. The fourth-order valence-electron chi connectivity index (χ4n) is 2.74. The monoisotopic (exact) mass is 523 g/mol. The van der Waals surface area contributed by atoms with E-state index in [9.17, 15) is 4.79 Å². The molecule has 0 atom stereocenters. The average molecular weight is 523 g/mol. The number of amides is 1. The molecule has 1 saturated carbocycles. The van der Waals surface area contributed by atoms with Crippen LogP contribution in [0.2, 0.25) is 0 Å². The summed E-state index contributed by atoms with van der Waals surface area (Å²) in [7, 11) is 5.24. The molecule has 0 unspecified atom stereocenters. The summed E-state index contributed by atoms with van der Waals surface area (Å²) < 4.78 is 5.74. The number of aliphatic imine (C=N–C) groups is 1. The van der Waals surface area contributed by atoms with E-state index in [0.717, 1.165) is 17.7 Å². The largest absolute Gasteiger partial charge is 0.477 e. The number of nitrogens with zero attached hydrogens (tertiary/aromatic N) is 3. The predicted octanol–water partition coefficient (Wildman–Crippen LogP) is 3.06. The lowest BCUT2D eigenvalue weighted by molar-refractivity contribution is 0.0827. The van der Waals surface area contributed by atoms with Gasteiger partial charge in [0.2, 0.25) is 5.88 Å². The zero-order chi connectivity index (χ0) is 20.6. The lowest BCUT2D eigenvalue weighted by atomic mass is 10.1. The number of pyridine rings is 1. The van der Waals surface area contributed by atoms with E-state index < -0.39 is 0 Å². The zero-order valence-corrected chi connectivity index (χ0v) is 20.1. The van der Waals surface area contributed by atoms with Crippen LogP contribution in [0, 0.1) is 5.92 Å². The highest BCUT2D eigenvalue weighted by Gasteiger charge is 2.22. The number of ether oxygens (including phenoxy) is 1. The third-order valence-electron chi connectivity index (χ3n) is 4.71. The molecule has 1 amide bonds. The zero-order valence-electron chi connectivity index (χ0n) is 17.7. The molecule has 0 bridgehead atoms. The molecule has 1 heterocycles. The van der Waals surface area contributed by atoms with Crippen LogP contribution < -0.4 is 15.4 Å². The minimum atomic E-state index is -0.000170. The molecule has 2 N–H and O–H groups in total. The van der Waals surface area contributed by atoms with Gasteiger partial charge in [-0.3, -0.25) is 9.79 Å². The van der Waals surface area contributed by atoms with E-state index in [1.165, 1.54) is 12.8 Å². The second-order valence-corrected chi connectivity index (χ2v) is 7.43. The lowest BCUT2D eigenvalue weighted by Gasteiger charge is -2.13. The SMILES string of the molecule is CN=C(NCc1ccc(C(=O)N(C)C)cc1)NCc1ccnc(OCC2CC2)c1.I. The summed E-state index contributed by atoms with van der Waals surface area (Å²) in [5.41, 5.74) is 2.84. The van der Waals surface area contributed by atoms with Crippen molar-refractivity contribution >= 4 is 35.8 Å². The van der Waals surface area contributed by atoms with Crippen LogP contribution in [0.15, 0.2) is 47.6 Å². The van der Waals surface area contributed by atoms with Crippen molar-refractivity contribution in [1.29, 1.82) is 0 Å². The van der Waals surface area contributed by atoms with Crippen molar-refractivity contribution in [3.63, 3.8) is 0 Å². The standard InChI is InChI=1S/C22H29N5O2.HI/c1-23-22(25-13-16-6-8-19(9-7-16)21(28)27(2)3)26-14-18-10-11-24-20(12-18)29-15-17-4-5-17;/h6-12,17H,4-5,13-15H2,1-3H3,(H2,23,25,26);1H. The molecule has 162 valence electrons. The first kappa shape index (κ1) is 23.9. The van der Waals surface area contributed by atoms with Crippen molar-refractivity contribution in [3.8, 4) is 5.88 Å². The third kappa shape index (κ3) is 7.47. The second-order valence-electron chi connectivity index (χ2n) is 7.43. The van der Waals surface area contributed by atoms with Gasteiger partial charge in [-0.1, -0.05) is 12.1 Å². The van der Waals surface area contributed by atoms with E-state index in [-0.39, 0.29) is 29.9 Å². The second kappa shape index (κ2) is 11.7. The number of halogens is 1. The Morgan fingerprint density at radius 2 is 1.80 bits per heavy atom. The summed E-state index contributed by atoms with van der Waals surface area (Å²) in [5, 5.41) is 6.59. The summed E-state index contributed by atoms with van der Waals surface area (Å²) in [6, 6.07) is 11.5. The Bertz CT molecular complexity index is 851. The number of rotatable bonds is 8. The molecular formula is C22H30IN5O2. The Balaban J connectivity index is 0.00000320. The molecule has 1 aliphatic rings. The molecule has 1 aromatic carbocycles. The van der Waals surface area contributed by atoms with Crippen molar-refractivity contribution in [2.24, 2.45) is 10.9 Å². The van der Waals surface area contributed by atoms with E-state index in [1.807, 2.05) is 36.4 Å². The van der Waals surface area contributed by atoms with Crippen LogP contribution >= 0.6 is 24.0 Å². The van der Waals surface area contributed by atoms with Gasteiger partial charge in [-0.25, -0.2) is 4.98 Å². The van der Waals surface area contributed by atoms with Gasteiger partial charge < -0.3 is 20.3 Å². The maximum Gasteiger partial charge on any atom is 0.253 e. The maximum atomic E-state index is 12.0. The number of carbonyl (C=O) groups excluding carboxylic acids is 1. The summed E-state index contributed by atoms with van der Waals surface area (Å²) in [6.45, 7) is 1.99. The minimum absolute atomic E-state index is 0. The van der Waals surface area contributed by atoms with Crippen molar-refractivity contribution in [1.82, 2.24) is 20.5 Å². The van der Waals surface area contributed by atoms with Crippen molar-refractivity contribution in [3.05, 3.63) is 59.3 Å². The van der Waals surface area contributed by atoms with E-state index in [2.05, 4.69) is 20.6 Å². The Hall–Kier alpha value is -2.36. The van der Waals surface area contributed by atoms with Gasteiger partial charge in [-0.05, 0) is 48.1 Å². The topological polar surface area (TPSA) is 78.9 Å². The summed E-state index contributed by atoms with van der Waals surface area (Å²) in [4.78, 5) is 22.1. The molecule has 30 heavy (non-hydrogen) atoms. The molecule has 2 aromatic rings. The molecule has 8 heteroatoms. The van der Waals surface area contributed by atoms with Crippen LogP contribution in [0.1, 0.15) is 34.3 Å². The summed E-state index contributed by atoms with van der Waals surface area (Å²) >= 11 is 0. The Labute approximate surface area is 195 Å². The number of hydrogen-bond acceptors (Lipinski definition) is 4. The van der Waals surface area contributed by atoms with Gasteiger partial charge in [0, 0.05) is 52.1 Å². The summed E-state index contributed by atoms with van der Waals surface area (Å²) in [5.74, 6) is 2.08. The normalized spacial score (nSPS) is 13.2. The molecule has 0 saturated heterocycles. The molecule has 3 rings (SSSR count). The fourth-order valence-corrected chi connectivity index (χ4v) is 2.74. The number of carbonyl (C=O) groups is 1. The van der Waals surface area contributed by atoms with Crippen LogP contribution in [0.3, 0.4) is 0 Å². The van der Waals surface area contributed by atoms with Crippen molar-refractivity contribution in [2.45, 2.75) is 25.9 Å². The number of nitrogens with one attached hydrogen (secondary N) is 2. The van der Waals surface area contributed by atoms with E-state index in [0.29, 0.717) is 36.4 Å². The quantitative estimate of drug-likeness (QED) is 0.316. The first-order valence-corrected chi connectivity index (χ1v) is 9.88. The van der Waals surface area contributed by atoms with Gasteiger partial charge in [0.15, 0.2) is 5.96 Å². The average Bonchev–Trinajstić information content (AvgIpc) is 3.57. The highest BCUT2D eigenvalue weighted by molar-refractivity contribution is 14.0. The molecule has 7 nitrogen and oxygen atoms in total. The van der Waals surface area contributed by atoms with Crippen LogP contribution in [0.25, 0.3) is 0 Å². The van der Waals surface area contributed by atoms with Gasteiger partial charge in [0.25, 0.3) is 5.91 Å². The van der Waals surface area contributed by atoms with Crippen LogP contribution in [0.4, 0.5) is 0 Å². The molecule has 0 spiro atoms. The highest BCUT2D eigenvalue weighted by Crippen LogP contribution is 2.29. The van der Waals surface area contributed by atoms with Gasteiger partial charge in [-0.15, -0.1) is 24.0 Å².